The Morgan fingerprint density at radius 3 is 2.54 bits per heavy atom. The van der Waals surface area contributed by atoms with Crippen molar-refractivity contribution >= 4 is 27.5 Å². The Balaban J connectivity index is 1.60. The number of carbonyl (C=O) groups excluding carboxylic acids is 1. The van der Waals surface area contributed by atoms with Crippen LogP contribution in [0.25, 0.3) is 10.2 Å². The Morgan fingerprint density at radius 1 is 1.19 bits per heavy atom. The monoisotopic (exact) mass is 373 g/mol. The lowest BCUT2D eigenvalue weighted by atomic mass is 10.1. The zero-order valence-corrected chi connectivity index (χ0v) is 15.2. The second-order valence-corrected chi connectivity index (χ2v) is 7.64. The van der Waals surface area contributed by atoms with Gasteiger partial charge in [-0.25, -0.2) is 18.7 Å². The first-order valence-corrected chi connectivity index (χ1v) is 9.25. The minimum absolute atomic E-state index is 0.0547. The van der Waals surface area contributed by atoms with Crippen LogP contribution in [0, 0.1) is 25.5 Å². The topological polar surface area (TPSA) is 54.9 Å². The van der Waals surface area contributed by atoms with Crippen molar-refractivity contribution in [2.24, 2.45) is 0 Å². The molecule has 2 aromatic heterocycles. The van der Waals surface area contributed by atoms with E-state index >= 15 is 0 Å². The van der Waals surface area contributed by atoms with Gasteiger partial charge in [0.15, 0.2) is 0 Å². The van der Waals surface area contributed by atoms with Crippen LogP contribution in [-0.4, -0.2) is 15.9 Å². The largest absolute Gasteiger partial charge is 0.347 e. The Hall–Kier alpha value is -2.41. The average Bonchev–Trinajstić information content (AvgIpc) is 3.36. The number of rotatable bonds is 4. The van der Waals surface area contributed by atoms with Crippen LogP contribution >= 0.6 is 11.3 Å². The van der Waals surface area contributed by atoms with Gasteiger partial charge in [0.2, 0.25) is 0 Å². The lowest BCUT2D eigenvalue weighted by Gasteiger charge is -2.05. The summed E-state index contributed by atoms with van der Waals surface area (Å²) in [7, 11) is 0. The van der Waals surface area contributed by atoms with E-state index in [2.05, 4.69) is 15.3 Å². The molecular formula is C19H17F2N3OS. The van der Waals surface area contributed by atoms with Crippen molar-refractivity contribution < 1.29 is 13.6 Å². The summed E-state index contributed by atoms with van der Waals surface area (Å²) < 4.78 is 26.5. The molecule has 1 N–H and O–H groups in total. The van der Waals surface area contributed by atoms with E-state index in [0.29, 0.717) is 16.4 Å². The number of fused-ring (bicyclic) bond motifs is 1. The fourth-order valence-electron chi connectivity index (χ4n) is 3.08. The summed E-state index contributed by atoms with van der Waals surface area (Å²) in [6.45, 7) is 3.87. The van der Waals surface area contributed by atoms with Gasteiger partial charge in [0.1, 0.15) is 22.3 Å². The molecule has 26 heavy (non-hydrogen) atoms. The lowest BCUT2D eigenvalue weighted by molar-refractivity contribution is 0.0954. The molecule has 1 fully saturated rings. The molecule has 0 spiro atoms. The summed E-state index contributed by atoms with van der Waals surface area (Å²) in [6.07, 6.45) is 2.24. The first-order chi connectivity index (χ1) is 12.4. The Bertz CT molecular complexity index is 1010. The molecule has 4 nitrogen and oxygen atoms in total. The maximum absolute atomic E-state index is 13.3. The van der Waals surface area contributed by atoms with Crippen molar-refractivity contribution in [3.05, 3.63) is 57.4 Å². The van der Waals surface area contributed by atoms with Gasteiger partial charge in [-0.3, -0.25) is 4.79 Å². The third kappa shape index (κ3) is 3.19. The summed E-state index contributed by atoms with van der Waals surface area (Å²) in [4.78, 5) is 23.2. The second kappa shape index (κ2) is 6.39. The molecular weight excluding hydrogens is 356 g/mol. The van der Waals surface area contributed by atoms with Gasteiger partial charge in [0, 0.05) is 23.9 Å². The fraction of sp³-hybridized carbons (Fsp3) is 0.316. The number of aryl methyl sites for hydroxylation is 2. The van der Waals surface area contributed by atoms with E-state index < -0.39 is 11.6 Å². The minimum atomic E-state index is -0.661. The third-order valence-electron chi connectivity index (χ3n) is 4.51. The molecule has 0 bridgehead atoms. The Labute approximate surface area is 153 Å². The summed E-state index contributed by atoms with van der Waals surface area (Å²) >= 11 is 1.34. The summed E-state index contributed by atoms with van der Waals surface area (Å²) in [5, 5.41) is 3.65. The molecule has 1 aromatic carbocycles. The van der Waals surface area contributed by atoms with E-state index in [9.17, 15) is 13.6 Å². The van der Waals surface area contributed by atoms with Gasteiger partial charge in [0.05, 0.1) is 10.6 Å². The van der Waals surface area contributed by atoms with Gasteiger partial charge in [0.25, 0.3) is 5.91 Å². The summed E-state index contributed by atoms with van der Waals surface area (Å²) in [5.74, 6) is -0.293. The number of thiophene rings is 1. The molecule has 3 aromatic rings. The normalized spacial score (nSPS) is 14.0. The number of hydrogen-bond acceptors (Lipinski definition) is 4. The predicted molar refractivity (Wildman–Crippen MR) is 96.4 cm³/mol. The fourth-order valence-corrected chi connectivity index (χ4v) is 4.23. The van der Waals surface area contributed by atoms with Gasteiger partial charge in [-0.15, -0.1) is 11.3 Å². The molecule has 1 saturated carbocycles. The molecule has 0 aliphatic heterocycles. The van der Waals surface area contributed by atoms with Gasteiger partial charge in [-0.1, -0.05) is 0 Å². The van der Waals surface area contributed by atoms with Gasteiger partial charge < -0.3 is 5.32 Å². The smallest absolute Gasteiger partial charge is 0.261 e. The average molecular weight is 373 g/mol. The molecule has 0 saturated heterocycles. The van der Waals surface area contributed by atoms with E-state index in [1.807, 2.05) is 13.8 Å². The summed E-state index contributed by atoms with van der Waals surface area (Å²) in [6, 6.07) is 3.22. The number of nitrogens with zero attached hydrogens (tertiary/aromatic N) is 2. The highest BCUT2D eigenvalue weighted by Crippen LogP contribution is 2.40. The summed E-state index contributed by atoms with van der Waals surface area (Å²) in [5.41, 5.74) is 2.10. The van der Waals surface area contributed by atoms with E-state index in [1.165, 1.54) is 23.5 Å². The Kier molecular flexibility index (Phi) is 4.19. The first-order valence-electron chi connectivity index (χ1n) is 8.43. The highest BCUT2D eigenvalue weighted by atomic mass is 32.1. The number of nitrogens with one attached hydrogen (secondary N) is 1. The van der Waals surface area contributed by atoms with Crippen LogP contribution in [0.5, 0.6) is 0 Å². The highest BCUT2D eigenvalue weighted by Gasteiger charge is 2.28. The van der Waals surface area contributed by atoms with Crippen LogP contribution in [0.15, 0.2) is 18.2 Å². The van der Waals surface area contributed by atoms with Crippen molar-refractivity contribution in [2.75, 3.05) is 0 Å². The number of benzene rings is 1. The van der Waals surface area contributed by atoms with Gasteiger partial charge >= 0.3 is 0 Å². The first kappa shape index (κ1) is 17.0. The maximum Gasteiger partial charge on any atom is 0.261 e. The molecule has 0 unspecified atom stereocenters. The van der Waals surface area contributed by atoms with Crippen LogP contribution < -0.4 is 5.32 Å². The number of amides is 1. The highest BCUT2D eigenvalue weighted by molar-refractivity contribution is 7.20. The molecule has 4 rings (SSSR count). The number of aromatic nitrogens is 2. The zero-order valence-electron chi connectivity index (χ0n) is 14.4. The van der Waals surface area contributed by atoms with Crippen molar-refractivity contribution in [2.45, 2.75) is 39.2 Å². The standard InChI is InChI=1S/C19H17F2N3OS/c1-9-15-10(2)23-17(12-3-4-12)24-19(15)26-16(9)18(25)22-8-11-5-13(20)7-14(21)6-11/h5-7,12H,3-4,8H2,1-2H3,(H,22,25). The molecule has 134 valence electrons. The van der Waals surface area contributed by atoms with Crippen LogP contribution in [0.2, 0.25) is 0 Å². The molecule has 7 heteroatoms. The van der Waals surface area contributed by atoms with Crippen LogP contribution in [0.4, 0.5) is 8.78 Å². The molecule has 0 radical (unpaired) electrons. The van der Waals surface area contributed by atoms with E-state index in [-0.39, 0.29) is 12.5 Å². The van der Waals surface area contributed by atoms with Crippen molar-refractivity contribution in [1.82, 2.24) is 15.3 Å². The number of hydrogen-bond donors (Lipinski definition) is 1. The van der Waals surface area contributed by atoms with Gasteiger partial charge in [-0.2, -0.15) is 0 Å². The van der Waals surface area contributed by atoms with E-state index in [4.69, 9.17) is 0 Å². The van der Waals surface area contributed by atoms with Crippen molar-refractivity contribution in [3.63, 3.8) is 0 Å². The third-order valence-corrected chi connectivity index (χ3v) is 5.70. The van der Waals surface area contributed by atoms with Crippen LogP contribution in [0.1, 0.15) is 51.1 Å². The number of halogens is 2. The zero-order chi connectivity index (χ0) is 18.4. The second-order valence-electron chi connectivity index (χ2n) is 6.64. The SMILES string of the molecule is Cc1nc(C2CC2)nc2sc(C(=O)NCc3cc(F)cc(F)c3)c(C)c12. The van der Waals surface area contributed by atoms with Crippen LogP contribution in [-0.2, 0) is 6.54 Å². The molecule has 1 amide bonds. The van der Waals surface area contributed by atoms with Crippen LogP contribution in [0.3, 0.4) is 0 Å². The van der Waals surface area contributed by atoms with Crippen molar-refractivity contribution in [1.29, 1.82) is 0 Å². The van der Waals surface area contributed by atoms with Crippen molar-refractivity contribution in [3.8, 4) is 0 Å². The minimum Gasteiger partial charge on any atom is -0.347 e. The molecule has 0 atom stereocenters. The molecule has 1 aliphatic rings. The van der Waals surface area contributed by atoms with E-state index in [0.717, 1.165) is 46.2 Å². The Morgan fingerprint density at radius 2 is 1.88 bits per heavy atom. The van der Waals surface area contributed by atoms with Gasteiger partial charge in [-0.05, 0) is 49.9 Å². The quantitative estimate of drug-likeness (QED) is 0.738. The number of carbonyl (C=O) groups is 1. The maximum atomic E-state index is 13.3. The molecule has 1 aliphatic carbocycles. The predicted octanol–water partition coefficient (Wildman–Crippen LogP) is 4.39. The molecule has 2 heterocycles. The lowest BCUT2D eigenvalue weighted by Crippen LogP contribution is -2.22. The van der Waals surface area contributed by atoms with E-state index in [1.54, 1.807) is 0 Å².